The van der Waals surface area contributed by atoms with Crippen molar-refractivity contribution >= 4 is 10.0 Å². The zero-order valence-electron chi connectivity index (χ0n) is 12.7. The van der Waals surface area contributed by atoms with E-state index in [2.05, 4.69) is 4.72 Å². The number of methoxy groups -OCH3 is 1. The van der Waals surface area contributed by atoms with E-state index in [1.807, 2.05) is 31.2 Å². The van der Waals surface area contributed by atoms with E-state index in [1.54, 1.807) is 0 Å². The SMILES string of the molecule is COC(CNS(=O)(=O)c1cc(F)ccc1F)c1ccccc1C. The van der Waals surface area contributed by atoms with Gasteiger partial charge in [-0.2, -0.15) is 0 Å². The van der Waals surface area contributed by atoms with Crippen LogP contribution in [-0.2, 0) is 14.8 Å². The van der Waals surface area contributed by atoms with Crippen LogP contribution in [0.25, 0.3) is 0 Å². The molecule has 0 saturated heterocycles. The van der Waals surface area contributed by atoms with Gasteiger partial charge in [0.1, 0.15) is 16.5 Å². The summed E-state index contributed by atoms with van der Waals surface area (Å²) in [5, 5.41) is 0. The Morgan fingerprint density at radius 2 is 1.87 bits per heavy atom. The number of aryl methyl sites for hydroxylation is 1. The van der Waals surface area contributed by atoms with Crippen LogP contribution in [-0.4, -0.2) is 22.1 Å². The molecule has 124 valence electrons. The summed E-state index contributed by atoms with van der Waals surface area (Å²) in [5.41, 5.74) is 1.76. The first-order valence-corrected chi connectivity index (χ1v) is 8.36. The highest BCUT2D eigenvalue weighted by Gasteiger charge is 2.22. The standard InChI is InChI=1S/C16H17F2NO3S/c1-11-5-3-4-6-13(11)15(22-2)10-19-23(20,21)16-9-12(17)7-8-14(16)18/h3-9,15,19H,10H2,1-2H3. The Morgan fingerprint density at radius 1 is 1.17 bits per heavy atom. The topological polar surface area (TPSA) is 55.4 Å². The van der Waals surface area contributed by atoms with Crippen molar-refractivity contribution in [3.8, 4) is 0 Å². The van der Waals surface area contributed by atoms with E-state index in [-0.39, 0.29) is 6.54 Å². The van der Waals surface area contributed by atoms with E-state index in [1.165, 1.54) is 7.11 Å². The summed E-state index contributed by atoms with van der Waals surface area (Å²) in [6.07, 6.45) is -0.539. The lowest BCUT2D eigenvalue weighted by Crippen LogP contribution is -2.30. The Bertz CT molecular complexity index is 794. The minimum absolute atomic E-state index is 0.0976. The van der Waals surface area contributed by atoms with Crippen molar-refractivity contribution in [3.05, 3.63) is 65.2 Å². The molecule has 23 heavy (non-hydrogen) atoms. The van der Waals surface area contributed by atoms with Crippen molar-refractivity contribution in [1.29, 1.82) is 0 Å². The maximum atomic E-state index is 13.6. The van der Waals surface area contributed by atoms with E-state index in [0.717, 1.165) is 23.3 Å². The Kier molecular flexibility index (Phi) is 5.46. The minimum Gasteiger partial charge on any atom is -0.375 e. The van der Waals surface area contributed by atoms with Crippen molar-refractivity contribution in [3.63, 3.8) is 0 Å². The summed E-state index contributed by atoms with van der Waals surface area (Å²) in [4.78, 5) is -0.725. The Hall–Kier alpha value is -1.83. The first-order valence-electron chi connectivity index (χ1n) is 6.88. The molecule has 2 rings (SSSR count). The average molecular weight is 341 g/mol. The van der Waals surface area contributed by atoms with Crippen LogP contribution in [0.1, 0.15) is 17.2 Å². The van der Waals surface area contributed by atoms with Gasteiger partial charge in [0, 0.05) is 13.7 Å². The summed E-state index contributed by atoms with van der Waals surface area (Å²) in [6.45, 7) is 1.78. The van der Waals surface area contributed by atoms with Gasteiger partial charge >= 0.3 is 0 Å². The first-order chi connectivity index (χ1) is 10.8. The third-order valence-electron chi connectivity index (χ3n) is 3.46. The molecule has 4 nitrogen and oxygen atoms in total. The number of hydrogen-bond acceptors (Lipinski definition) is 3. The van der Waals surface area contributed by atoms with Gasteiger partial charge in [0.25, 0.3) is 0 Å². The molecule has 7 heteroatoms. The second-order valence-corrected chi connectivity index (χ2v) is 6.74. The van der Waals surface area contributed by atoms with Crippen LogP contribution in [0.4, 0.5) is 8.78 Å². The molecule has 1 N–H and O–H groups in total. The molecule has 0 radical (unpaired) electrons. The molecule has 1 unspecified atom stereocenters. The predicted octanol–water partition coefficient (Wildman–Crippen LogP) is 2.94. The van der Waals surface area contributed by atoms with E-state index < -0.39 is 32.7 Å². The molecule has 0 spiro atoms. The van der Waals surface area contributed by atoms with Crippen LogP contribution in [0.15, 0.2) is 47.4 Å². The van der Waals surface area contributed by atoms with E-state index in [9.17, 15) is 17.2 Å². The van der Waals surface area contributed by atoms with Gasteiger partial charge in [-0.25, -0.2) is 21.9 Å². The fraction of sp³-hybridized carbons (Fsp3) is 0.250. The predicted molar refractivity (Wildman–Crippen MR) is 82.5 cm³/mol. The van der Waals surface area contributed by atoms with Gasteiger partial charge in [-0.05, 0) is 36.2 Å². The lowest BCUT2D eigenvalue weighted by atomic mass is 10.0. The van der Waals surface area contributed by atoms with Crippen LogP contribution in [0.5, 0.6) is 0 Å². The molecule has 0 heterocycles. The molecule has 2 aromatic rings. The Labute approximate surface area is 134 Å². The molecule has 1 atom stereocenters. The second-order valence-electron chi connectivity index (χ2n) is 5.01. The van der Waals surface area contributed by atoms with Crippen LogP contribution < -0.4 is 4.72 Å². The number of benzene rings is 2. The molecule has 0 saturated carbocycles. The molecule has 0 aromatic heterocycles. The highest BCUT2D eigenvalue weighted by atomic mass is 32.2. The molecular weight excluding hydrogens is 324 g/mol. The second kappa shape index (κ2) is 7.16. The molecule has 0 aliphatic heterocycles. The number of nitrogens with one attached hydrogen (secondary N) is 1. The molecular formula is C16H17F2NO3S. The van der Waals surface area contributed by atoms with Crippen molar-refractivity contribution in [2.45, 2.75) is 17.9 Å². The summed E-state index contributed by atoms with van der Waals surface area (Å²) >= 11 is 0. The fourth-order valence-corrected chi connectivity index (χ4v) is 3.33. The third-order valence-corrected chi connectivity index (χ3v) is 4.90. The van der Waals surface area contributed by atoms with E-state index in [0.29, 0.717) is 6.07 Å². The normalized spacial score (nSPS) is 13.0. The number of rotatable bonds is 6. The summed E-state index contributed by atoms with van der Waals surface area (Å²) < 4.78 is 58.7. The average Bonchev–Trinajstić information content (AvgIpc) is 2.51. The molecule has 0 amide bonds. The number of ether oxygens (including phenoxy) is 1. The summed E-state index contributed by atoms with van der Waals surface area (Å²) in [5.74, 6) is -1.84. The maximum absolute atomic E-state index is 13.6. The van der Waals surface area contributed by atoms with Crippen LogP contribution in [0.3, 0.4) is 0 Å². The smallest absolute Gasteiger partial charge is 0.243 e. The molecule has 2 aromatic carbocycles. The number of sulfonamides is 1. The van der Waals surface area contributed by atoms with Crippen LogP contribution in [0.2, 0.25) is 0 Å². The fourth-order valence-electron chi connectivity index (χ4n) is 2.21. The Morgan fingerprint density at radius 3 is 2.52 bits per heavy atom. The quantitative estimate of drug-likeness (QED) is 0.879. The van der Waals surface area contributed by atoms with Crippen LogP contribution in [0, 0.1) is 18.6 Å². The van der Waals surface area contributed by atoms with Gasteiger partial charge in [-0.3, -0.25) is 0 Å². The third kappa shape index (κ3) is 4.13. The highest BCUT2D eigenvalue weighted by Crippen LogP contribution is 2.21. The first kappa shape index (κ1) is 17.5. The Balaban J connectivity index is 2.21. The van der Waals surface area contributed by atoms with Gasteiger partial charge in [0.15, 0.2) is 0 Å². The molecule has 0 aliphatic rings. The lowest BCUT2D eigenvalue weighted by molar-refractivity contribution is 0.107. The highest BCUT2D eigenvalue weighted by molar-refractivity contribution is 7.89. The van der Waals surface area contributed by atoms with E-state index in [4.69, 9.17) is 4.74 Å². The van der Waals surface area contributed by atoms with Gasteiger partial charge in [-0.15, -0.1) is 0 Å². The zero-order chi connectivity index (χ0) is 17.0. The van der Waals surface area contributed by atoms with Crippen molar-refractivity contribution in [2.24, 2.45) is 0 Å². The summed E-state index contributed by atoms with van der Waals surface area (Å²) in [7, 11) is -2.73. The molecule has 0 aliphatic carbocycles. The zero-order valence-corrected chi connectivity index (χ0v) is 13.5. The van der Waals surface area contributed by atoms with Crippen LogP contribution >= 0.6 is 0 Å². The number of halogens is 2. The summed E-state index contributed by atoms with van der Waals surface area (Å²) in [6, 6.07) is 9.65. The molecule has 0 fully saturated rings. The lowest BCUT2D eigenvalue weighted by Gasteiger charge is -2.18. The van der Waals surface area contributed by atoms with E-state index >= 15 is 0 Å². The van der Waals surface area contributed by atoms with Gasteiger partial charge in [0.05, 0.1) is 6.10 Å². The van der Waals surface area contributed by atoms with Gasteiger partial charge < -0.3 is 4.74 Å². The van der Waals surface area contributed by atoms with Gasteiger partial charge in [-0.1, -0.05) is 24.3 Å². The monoisotopic (exact) mass is 341 g/mol. The minimum atomic E-state index is -4.18. The van der Waals surface area contributed by atoms with Crippen molar-refractivity contribution in [1.82, 2.24) is 4.72 Å². The van der Waals surface area contributed by atoms with Crippen molar-refractivity contribution < 1.29 is 21.9 Å². The van der Waals surface area contributed by atoms with Gasteiger partial charge in [0.2, 0.25) is 10.0 Å². The number of hydrogen-bond donors (Lipinski definition) is 1. The largest absolute Gasteiger partial charge is 0.375 e. The maximum Gasteiger partial charge on any atom is 0.243 e. The molecule has 0 bridgehead atoms. The van der Waals surface area contributed by atoms with Crippen molar-refractivity contribution in [2.75, 3.05) is 13.7 Å².